The Balaban J connectivity index is 3.08. The lowest BCUT2D eigenvalue weighted by Gasteiger charge is -2.06. The van der Waals surface area contributed by atoms with E-state index in [1.165, 1.54) is 32.1 Å². The third kappa shape index (κ3) is 25.9. The number of phosphoric acid groups is 1. The maximum atomic E-state index is 12.0. The molecule has 0 bridgehead atoms. The first kappa shape index (κ1) is 26.9. The molecule has 0 aromatic carbocycles. The Hall–Kier alpha value is -0.140. The van der Waals surface area contributed by atoms with E-state index < -0.39 is 20.4 Å². The van der Waals surface area contributed by atoms with Gasteiger partial charge in [0.15, 0.2) is 0 Å². The summed E-state index contributed by atoms with van der Waals surface area (Å²) < 4.78 is 55.8. The van der Waals surface area contributed by atoms with Crippen LogP contribution >= 0.6 is 7.82 Å². The first-order chi connectivity index (χ1) is 12.7. The number of halogens is 3. The highest BCUT2D eigenvalue weighted by molar-refractivity contribution is 7.46. The quantitative estimate of drug-likeness (QED) is 0.194. The molecule has 0 saturated heterocycles. The van der Waals surface area contributed by atoms with E-state index in [2.05, 4.69) is 4.52 Å². The number of alkyl halides is 3. The van der Waals surface area contributed by atoms with Gasteiger partial charge in [-0.15, -0.1) is 0 Å². The zero-order valence-corrected chi connectivity index (χ0v) is 17.1. The second kappa shape index (κ2) is 16.8. The van der Waals surface area contributed by atoms with E-state index in [-0.39, 0.29) is 19.6 Å². The van der Waals surface area contributed by atoms with Crippen molar-refractivity contribution in [3.05, 3.63) is 0 Å². The Morgan fingerprint density at radius 3 is 1.44 bits per heavy atom. The van der Waals surface area contributed by atoms with Gasteiger partial charge in [0.1, 0.15) is 0 Å². The fraction of sp³-hybridized carbons (Fsp3) is 1.00. The fourth-order valence-corrected chi connectivity index (χ4v) is 3.10. The summed E-state index contributed by atoms with van der Waals surface area (Å²) in [6.45, 7) is 0.665. The lowest BCUT2D eigenvalue weighted by atomic mass is 10.0. The predicted octanol–water partition coefficient (Wildman–Crippen LogP) is 6.14. The second-order valence-electron chi connectivity index (χ2n) is 6.90. The number of phosphoric ester groups is 1. The van der Waals surface area contributed by atoms with E-state index in [4.69, 9.17) is 14.5 Å². The van der Waals surface area contributed by atoms with Crippen molar-refractivity contribution in [3.63, 3.8) is 0 Å². The Morgan fingerprint density at radius 2 is 1.04 bits per heavy atom. The van der Waals surface area contributed by atoms with E-state index in [0.717, 1.165) is 38.5 Å². The molecule has 0 rings (SSSR count). The van der Waals surface area contributed by atoms with Gasteiger partial charge in [0.25, 0.3) is 0 Å². The first-order valence-corrected chi connectivity index (χ1v) is 11.6. The van der Waals surface area contributed by atoms with E-state index in [1.807, 2.05) is 0 Å². The van der Waals surface area contributed by atoms with Crippen LogP contribution in [0, 0.1) is 0 Å². The number of hydrogen-bond acceptors (Lipinski definition) is 3. The van der Waals surface area contributed by atoms with Crippen LogP contribution in [0.15, 0.2) is 0 Å². The summed E-state index contributed by atoms with van der Waals surface area (Å²) in [7, 11) is -4.38. The van der Waals surface area contributed by atoms with Crippen molar-refractivity contribution in [2.24, 2.45) is 0 Å². The fourth-order valence-electron chi connectivity index (χ4n) is 2.79. The molecule has 0 saturated carbocycles. The minimum atomic E-state index is -4.38. The van der Waals surface area contributed by atoms with Crippen molar-refractivity contribution in [3.8, 4) is 0 Å². The maximum absolute atomic E-state index is 12.0. The smallest absolute Gasteiger partial charge is 0.379 e. The summed E-state index contributed by atoms with van der Waals surface area (Å²) in [5.41, 5.74) is 0. The van der Waals surface area contributed by atoms with Crippen molar-refractivity contribution in [2.75, 3.05) is 19.8 Å². The van der Waals surface area contributed by atoms with Gasteiger partial charge in [0, 0.05) is 13.0 Å². The van der Waals surface area contributed by atoms with Crippen LogP contribution < -0.4 is 0 Å². The normalized spacial score (nSPS) is 12.6. The lowest BCUT2D eigenvalue weighted by molar-refractivity contribution is -0.135. The maximum Gasteiger partial charge on any atom is 0.469 e. The average Bonchev–Trinajstić information content (AvgIpc) is 2.55. The lowest BCUT2D eigenvalue weighted by Crippen LogP contribution is -2.06. The molecule has 0 amide bonds. The molecular weight excluding hydrogens is 384 g/mol. The van der Waals surface area contributed by atoms with Crippen LogP contribution in [0.2, 0.25) is 0 Å². The third-order valence-corrected chi connectivity index (χ3v) is 4.75. The van der Waals surface area contributed by atoms with Crippen molar-refractivity contribution in [1.29, 1.82) is 0 Å². The number of hydrogen-bond donors (Lipinski definition) is 2. The van der Waals surface area contributed by atoms with E-state index in [1.54, 1.807) is 0 Å². The molecule has 0 radical (unpaired) electrons. The average molecular weight is 420 g/mol. The Kier molecular flexibility index (Phi) is 16.7. The second-order valence-corrected chi connectivity index (χ2v) is 8.14. The number of unbranched alkanes of at least 4 members (excludes halogenated alkanes) is 12. The van der Waals surface area contributed by atoms with E-state index >= 15 is 0 Å². The van der Waals surface area contributed by atoms with Crippen LogP contribution in [0.3, 0.4) is 0 Å². The van der Waals surface area contributed by atoms with Crippen LogP contribution in [0.4, 0.5) is 13.2 Å². The van der Waals surface area contributed by atoms with Gasteiger partial charge in [0.2, 0.25) is 0 Å². The molecule has 0 unspecified atom stereocenters. The Morgan fingerprint density at radius 1 is 0.630 bits per heavy atom. The third-order valence-electron chi connectivity index (χ3n) is 4.24. The topological polar surface area (TPSA) is 76.0 Å². The molecule has 0 spiro atoms. The van der Waals surface area contributed by atoms with Gasteiger partial charge in [-0.25, -0.2) is 4.57 Å². The van der Waals surface area contributed by atoms with Gasteiger partial charge >= 0.3 is 14.0 Å². The van der Waals surface area contributed by atoms with Crippen LogP contribution in [0.1, 0.15) is 89.9 Å². The van der Waals surface area contributed by atoms with Crippen molar-refractivity contribution >= 4 is 7.82 Å². The summed E-state index contributed by atoms with van der Waals surface area (Å²) in [6, 6.07) is 0. The number of ether oxygens (including phenoxy) is 1. The monoisotopic (exact) mass is 420 g/mol. The molecule has 5 nitrogen and oxygen atoms in total. The zero-order valence-electron chi connectivity index (χ0n) is 16.2. The highest BCUT2D eigenvalue weighted by Crippen LogP contribution is 2.35. The minimum absolute atomic E-state index is 0.0994. The molecular formula is C18H36F3O5P. The summed E-state index contributed by atoms with van der Waals surface area (Å²) >= 11 is 0. The van der Waals surface area contributed by atoms with Gasteiger partial charge in [-0.3, -0.25) is 4.52 Å². The zero-order chi connectivity index (χ0) is 20.4. The molecule has 0 aromatic heterocycles. The van der Waals surface area contributed by atoms with Gasteiger partial charge in [-0.05, 0) is 12.8 Å². The van der Waals surface area contributed by atoms with Crippen LogP contribution in [0.25, 0.3) is 0 Å². The van der Waals surface area contributed by atoms with E-state index in [0.29, 0.717) is 13.0 Å². The minimum Gasteiger partial charge on any atom is -0.379 e. The van der Waals surface area contributed by atoms with Crippen LogP contribution in [-0.2, 0) is 13.8 Å². The summed E-state index contributed by atoms with van der Waals surface area (Å²) in [4.78, 5) is 17.0. The Bertz CT molecular complexity index is 374. The van der Waals surface area contributed by atoms with E-state index in [9.17, 15) is 17.7 Å². The van der Waals surface area contributed by atoms with Crippen LogP contribution in [0.5, 0.6) is 0 Å². The molecule has 27 heavy (non-hydrogen) atoms. The molecule has 0 heterocycles. The van der Waals surface area contributed by atoms with Gasteiger partial charge < -0.3 is 14.5 Å². The molecule has 0 aromatic rings. The van der Waals surface area contributed by atoms with Crippen molar-refractivity contribution < 1.29 is 36.8 Å². The molecule has 164 valence electrons. The van der Waals surface area contributed by atoms with Gasteiger partial charge in [0.05, 0.1) is 13.2 Å². The van der Waals surface area contributed by atoms with Crippen LogP contribution in [-0.4, -0.2) is 35.8 Å². The van der Waals surface area contributed by atoms with Gasteiger partial charge in [-0.2, -0.15) is 13.2 Å². The summed E-state index contributed by atoms with van der Waals surface area (Å²) in [6.07, 6.45) is 8.51. The highest BCUT2D eigenvalue weighted by atomic mass is 31.2. The molecule has 0 aliphatic rings. The molecule has 0 fully saturated rings. The summed E-state index contributed by atoms with van der Waals surface area (Å²) in [5, 5.41) is 0. The molecule has 9 heteroatoms. The molecule has 2 N–H and O–H groups in total. The molecule has 0 aliphatic heterocycles. The standard InChI is InChI=1S/C18H36F3O5P/c19-18(20,21)14-12-10-8-6-4-2-1-3-5-7-9-11-13-15-25-16-17-26-27(22,23)24/h1-17H2,(H2,22,23,24). The van der Waals surface area contributed by atoms with Gasteiger partial charge in [-0.1, -0.05) is 70.6 Å². The summed E-state index contributed by atoms with van der Waals surface area (Å²) in [5.74, 6) is 0. The van der Waals surface area contributed by atoms with Crippen molar-refractivity contribution in [2.45, 2.75) is 96.1 Å². The first-order valence-electron chi connectivity index (χ1n) is 10.1. The highest BCUT2D eigenvalue weighted by Gasteiger charge is 2.25. The molecule has 0 aliphatic carbocycles. The molecule has 0 atom stereocenters. The number of rotatable bonds is 19. The SMILES string of the molecule is O=P(O)(O)OCCOCCCCCCCCCCCCCCCC(F)(F)F. The Labute approximate surface area is 161 Å². The van der Waals surface area contributed by atoms with Crippen molar-refractivity contribution in [1.82, 2.24) is 0 Å². The predicted molar refractivity (Wildman–Crippen MR) is 99.5 cm³/mol. The largest absolute Gasteiger partial charge is 0.469 e.